The number of halogens is 2. The topological polar surface area (TPSA) is 44.1 Å². The highest BCUT2D eigenvalue weighted by atomic mass is 127. The maximum absolute atomic E-state index is 11.7. The second-order valence-corrected chi connectivity index (χ2v) is 5.28. The summed E-state index contributed by atoms with van der Waals surface area (Å²) in [6, 6.07) is 7.65. The molecule has 1 saturated heterocycles. The molecular formula is C11H8ClIN2O. The van der Waals surface area contributed by atoms with Crippen LogP contribution in [0.1, 0.15) is 6.42 Å². The summed E-state index contributed by atoms with van der Waals surface area (Å²) in [6.45, 7) is 0.440. The average molecular weight is 347 g/mol. The van der Waals surface area contributed by atoms with Gasteiger partial charge in [-0.2, -0.15) is 5.26 Å². The van der Waals surface area contributed by atoms with Gasteiger partial charge < -0.3 is 4.90 Å². The van der Waals surface area contributed by atoms with Gasteiger partial charge in [0.2, 0.25) is 5.91 Å². The quantitative estimate of drug-likeness (QED) is 0.734. The highest BCUT2D eigenvalue weighted by molar-refractivity contribution is 14.1. The molecule has 1 fully saturated rings. The maximum Gasteiger partial charge on any atom is 0.228 e. The van der Waals surface area contributed by atoms with Gasteiger partial charge in [0.05, 0.1) is 22.7 Å². The first-order chi connectivity index (χ1) is 7.61. The minimum absolute atomic E-state index is 0.0327. The first-order valence-corrected chi connectivity index (χ1v) is 6.22. The Bertz CT molecular complexity index is 483. The summed E-state index contributed by atoms with van der Waals surface area (Å²) in [5.74, 6) is -0.252. The van der Waals surface area contributed by atoms with Crippen LogP contribution >= 0.6 is 34.2 Å². The van der Waals surface area contributed by atoms with Gasteiger partial charge in [0.25, 0.3) is 0 Å². The fourth-order valence-corrected chi connectivity index (χ4v) is 2.68. The Hall–Kier alpha value is -0.800. The molecule has 0 bridgehead atoms. The van der Waals surface area contributed by atoms with Crippen molar-refractivity contribution < 1.29 is 4.79 Å². The normalized spacial score (nSPS) is 19.9. The molecule has 1 aliphatic heterocycles. The van der Waals surface area contributed by atoms with Crippen LogP contribution < -0.4 is 4.90 Å². The molecule has 0 spiro atoms. The predicted octanol–water partition coefficient (Wildman–Crippen LogP) is 2.82. The van der Waals surface area contributed by atoms with E-state index in [9.17, 15) is 4.79 Å². The summed E-state index contributed by atoms with van der Waals surface area (Å²) in [5.41, 5.74) is 0.699. The number of nitrogens with zero attached hydrogens (tertiary/aromatic N) is 2. The number of rotatable bonds is 1. The number of carbonyl (C=O) groups excluding carboxylic acids is 1. The minimum Gasteiger partial charge on any atom is -0.310 e. The van der Waals surface area contributed by atoms with Gasteiger partial charge in [0.1, 0.15) is 0 Å². The molecule has 16 heavy (non-hydrogen) atoms. The van der Waals surface area contributed by atoms with E-state index in [0.29, 0.717) is 23.7 Å². The van der Waals surface area contributed by atoms with Crippen LogP contribution in [0.15, 0.2) is 18.2 Å². The highest BCUT2D eigenvalue weighted by Crippen LogP contribution is 2.32. The molecule has 0 N–H and O–H groups in total. The van der Waals surface area contributed by atoms with Crippen molar-refractivity contribution in [1.29, 1.82) is 5.26 Å². The Labute approximate surface area is 112 Å². The van der Waals surface area contributed by atoms with E-state index in [1.807, 2.05) is 18.2 Å². The molecule has 1 aliphatic rings. The van der Waals surface area contributed by atoms with E-state index in [4.69, 9.17) is 16.9 Å². The number of hydrogen-bond donors (Lipinski definition) is 0. The Morgan fingerprint density at radius 2 is 2.31 bits per heavy atom. The lowest BCUT2D eigenvalue weighted by Gasteiger charge is -2.17. The molecule has 5 heteroatoms. The maximum atomic E-state index is 11.7. The number of nitriles is 1. The van der Waals surface area contributed by atoms with Crippen LogP contribution in [0.5, 0.6) is 0 Å². The Morgan fingerprint density at radius 1 is 1.56 bits per heavy atom. The number of carbonyl (C=O) groups is 1. The van der Waals surface area contributed by atoms with E-state index < -0.39 is 0 Å². The summed E-state index contributed by atoms with van der Waals surface area (Å²) in [4.78, 5) is 13.3. The van der Waals surface area contributed by atoms with Gasteiger partial charge in [-0.3, -0.25) is 4.79 Å². The van der Waals surface area contributed by atoms with Crippen molar-refractivity contribution in [1.82, 2.24) is 0 Å². The molecule has 3 nitrogen and oxygen atoms in total. The zero-order valence-electron chi connectivity index (χ0n) is 8.28. The summed E-state index contributed by atoms with van der Waals surface area (Å²) >= 11 is 8.25. The Kier molecular flexibility index (Phi) is 3.36. The van der Waals surface area contributed by atoms with Crippen LogP contribution in [0.25, 0.3) is 0 Å². The van der Waals surface area contributed by atoms with Crippen molar-refractivity contribution in [3.8, 4) is 6.07 Å². The number of benzene rings is 1. The van der Waals surface area contributed by atoms with Crippen molar-refractivity contribution >= 4 is 45.8 Å². The summed E-state index contributed by atoms with van der Waals surface area (Å²) in [7, 11) is 0. The third-order valence-corrected chi connectivity index (χ3v) is 3.48. The van der Waals surface area contributed by atoms with E-state index in [1.165, 1.54) is 0 Å². The number of amides is 1. The number of anilines is 1. The van der Waals surface area contributed by atoms with E-state index in [-0.39, 0.29) is 11.8 Å². The molecule has 1 amide bonds. The second kappa shape index (κ2) is 4.60. The monoisotopic (exact) mass is 346 g/mol. The SMILES string of the molecule is N#CC1CC(=O)N(c2ccc(I)cc2Cl)C1. The van der Waals surface area contributed by atoms with Crippen molar-refractivity contribution in [2.75, 3.05) is 11.4 Å². The summed E-state index contributed by atoms with van der Waals surface area (Å²) in [6.07, 6.45) is 0.290. The smallest absolute Gasteiger partial charge is 0.228 e. The largest absolute Gasteiger partial charge is 0.310 e. The molecule has 1 unspecified atom stereocenters. The molecule has 1 atom stereocenters. The second-order valence-electron chi connectivity index (χ2n) is 3.63. The van der Waals surface area contributed by atoms with Crippen LogP contribution in [0.3, 0.4) is 0 Å². The van der Waals surface area contributed by atoms with Crippen LogP contribution in [-0.2, 0) is 4.79 Å². The Balaban J connectivity index is 2.32. The first-order valence-electron chi connectivity index (χ1n) is 4.77. The summed E-state index contributed by atoms with van der Waals surface area (Å²) in [5, 5.41) is 9.35. The van der Waals surface area contributed by atoms with Gasteiger partial charge in [-0.25, -0.2) is 0 Å². The Morgan fingerprint density at radius 3 is 2.88 bits per heavy atom. The first kappa shape index (κ1) is 11.7. The van der Waals surface area contributed by atoms with Gasteiger partial charge >= 0.3 is 0 Å². The van der Waals surface area contributed by atoms with Gasteiger partial charge in [0, 0.05) is 16.5 Å². The van der Waals surface area contributed by atoms with E-state index >= 15 is 0 Å². The third kappa shape index (κ3) is 2.15. The highest BCUT2D eigenvalue weighted by Gasteiger charge is 2.31. The van der Waals surface area contributed by atoms with E-state index in [1.54, 1.807) is 4.90 Å². The molecule has 2 rings (SSSR count). The standard InChI is InChI=1S/C11H8ClIN2O/c12-9-4-8(13)1-2-10(9)15-6-7(5-14)3-11(15)16/h1-2,4,7H,3,6H2. The minimum atomic E-state index is -0.220. The van der Waals surface area contributed by atoms with Crippen molar-refractivity contribution in [2.24, 2.45) is 5.92 Å². The molecular weight excluding hydrogens is 338 g/mol. The lowest BCUT2D eigenvalue weighted by molar-refractivity contribution is -0.117. The van der Waals surface area contributed by atoms with Gasteiger partial charge in [0.15, 0.2) is 0 Å². The van der Waals surface area contributed by atoms with E-state index in [0.717, 1.165) is 3.57 Å². The number of hydrogen-bond acceptors (Lipinski definition) is 2. The van der Waals surface area contributed by atoms with Gasteiger partial charge in [-0.1, -0.05) is 11.6 Å². The molecule has 0 radical (unpaired) electrons. The zero-order valence-corrected chi connectivity index (χ0v) is 11.2. The van der Waals surface area contributed by atoms with Crippen LogP contribution in [-0.4, -0.2) is 12.5 Å². The van der Waals surface area contributed by atoms with Crippen LogP contribution in [0, 0.1) is 20.8 Å². The van der Waals surface area contributed by atoms with Crippen molar-refractivity contribution in [2.45, 2.75) is 6.42 Å². The predicted molar refractivity (Wildman–Crippen MR) is 70.2 cm³/mol. The van der Waals surface area contributed by atoms with Crippen LogP contribution in [0.2, 0.25) is 5.02 Å². The van der Waals surface area contributed by atoms with E-state index in [2.05, 4.69) is 28.7 Å². The average Bonchev–Trinajstić information content (AvgIpc) is 2.60. The molecule has 0 aliphatic carbocycles. The molecule has 1 heterocycles. The van der Waals surface area contributed by atoms with Crippen molar-refractivity contribution in [3.63, 3.8) is 0 Å². The molecule has 82 valence electrons. The van der Waals surface area contributed by atoms with Gasteiger partial charge in [-0.15, -0.1) is 0 Å². The molecule has 1 aromatic rings. The fourth-order valence-electron chi connectivity index (χ4n) is 1.73. The fraction of sp³-hybridized carbons (Fsp3) is 0.273. The molecule has 0 aromatic heterocycles. The van der Waals surface area contributed by atoms with Crippen LogP contribution in [0.4, 0.5) is 5.69 Å². The third-order valence-electron chi connectivity index (χ3n) is 2.51. The van der Waals surface area contributed by atoms with Crippen molar-refractivity contribution in [3.05, 3.63) is 26.8 Å². The lowest BCUT2D eigenvalue weighted by Crippen LogP contribution is -2.24. The zero-order chi connectivity index (χ0) is 11.7. The summed E-state index contributed by atoms with van der Waals surface area (Å²) < 4.78 is 1.02. The lowest BCUT2D eigenvalue weighted by atomic mass is 10.1. The van der Waals surface area contributed by atoms with Gasteiger partial charge in [-0.05, 0) is 40.8 Å². The molecule has 0 saturated carbocycles. The molecule has 1 aromatic carbocycles.